The Balaban J connectivity index is 2.75. The van der Waals surface area contributed by atoms with Gasteiger partial charge in [0, 0.05) is 6.54 Å². The van der Waals surface area contributed by atoms with Crippen LogP contribution in [0.2, 0.25) is 0 Å². The van der Waals surface area contributed by atoms with Crippen LogP contribution in [0.3, 0.4) is 0 Å². The monoisotopic (exact) mass is 294 g/mol. The fourth-order valence-corrected chi connectivity index (χ4v) is 2.37. The van der Waals surface area contributed by atoms with Gasteiger partial charge in [0.2, 0.25) is 10.0 Å². The zero-order valence-electron chi connectivity index (χ0n) is 10.4. The molecule has 0 aromatic heterocycles. The van der Waals surface area contributed by atoms with Crippen molar-refractivity contribution in [1.82, 2.24) is 5.32 Å². The molecule has 0 unspecified atom stereocenters. The summed E-state index contributed by atoms with van der Waals surface area (Å²) in [6.45, 7) is -0.219. The van der Waals surface area contributed by atoms with Gasteiger partial charge in [-0.3, -0.25) is 4.72 Å². The number of hydrogen-bond donors (Lipinski definition) is 2. The van der Waals surface area contributed by atoms with Crippen LogP contribution in [-0.2, 0) is 10.0 Å². The second-order valence-corrected chi connectivity index (χ2v) is 5.49. The fourth-order valence-electron chi connectivity index (χ4n) is 1.35. The Morgan fingerprint density at radius 1 is 1.32 bits per heavy atom. The Kier molecular flexibility index (Phi) is 5.97. The highest BCUT2D eigenvalue weighted by molar-refractivity contribution is 7.92. The Labute approximate surface area is 111 Å². The number of ether oxygens (including phenoxy) is 1. The van der Waals surface area contributed by atoms with Gasteiger partial charge >= 0.3 is 6.61 Å². The normalized spacial score (nSPS) is 11.6. The molecule has 108 valence electrons. The number of alkyl halides is 2. The van der Waals surface area contributed by atoms with E-state index in [1.807, 2.05) is 6.92 Å². The summed E-state index contributed by atoms with van der Waals surface area (Å²) >= 11 is 0. The molecule has 0 aliphatic heterocycles. The van der Waals surface area contributed by atoms with Crippen LogP contribution in [0.25, 0.3) is 0 Å². The summed E-state index contributed by atoms with van der Waals surface area (Å²) in [7, 11) is -3.60. The zero-order chi connectivity index (χ0) is 14.3. The van der Waals surface area contributed by atoms with Crippen molar-refractivity contribution in [1.29, 1.82) is 0 Å². The predicted molar refractivity (Wildman–Crippen MR) is 69.0 cm³/mol. The maximum absolute atomic E-state index is 12.2. The van der Waals surface area contributed by atoms with Crippen molar-refractivity contribution in [2.45, 2.75) is 13.5 Å². The third-order valence-electron chi connectivity index (χ3n) is 2.17. The lowest BCUT2D eigenvalue weighted by atomic mass is 10.3. The summed E-state index contributed by atoms with van der Waals surface area (Å²) in [5.41, 5.74) is -0.000650. The Morgan fingerprint density at radius 2 is 2.00 bits per heavy atom. The molecule has 0 atom stereocenters. The molecule has 0 aliphatic carbocycles. The van der Waals surface area contributed by atoms with E-state index in [1.54, 1.807) is 0 Å². The molecular formula is C11H16F2N2O3S. The summed E-state index contributed by atoms with van der Waals surface area (Å²) in [6, 6.07) is 5.64. The molecule has 0 saturated carbocycles. The number of benzene rings is 1. The number of nitrogens with one attached hydrogen (secondary N) is 2. The van der Waals surface area contributed by atoms with E-state index in [9.17, 15) is 17.2 Å². The molecular weight excluding hydrogens is 278 g/mol. The Morgan fingerprint density at radius 3 is 2.63 bits per heavy atom. The van der Waals surface area contributed by atoms with Crippen molar-refractivity contribution in [2.24, 2.45) is 0 Å². The van der Waals surface area contributed by atoms with Crippen LogP contribution in [0.15, 0.2) is 24.3 Å². The molecule has 5 nitrogen and oxygen atoms in total. The van der Waals surface area contributed by atoms with Crippen LogP contribution in [0.1, 0.15) is 6.92 Å². The second-order valence-electron chi connectivity index (χ2n) is 3.65. The van der Waals surface area contributed by atoms with Crippen LogP contribution in [0, 0.1) is 0 Å². The number of para-hydroxylation sites is 2. The molecule has 19 heavy (non-hydrogen) atoms. The highest BCUT2D eigenvalue weighted by Crippen LogP contribution is 2.26. The second kappa shape index (κ2) is 7.25. The van der Waals surface area contributed by atoms with Crippen molar-refractivity contribution in [3.8, 4) is 5.75 Å². The molecule has 0 heterocycles. The standard InChI is InChI=1S/C11H16F2N2O3S/c1-2-14-7-8-19(16,17)15-9-5-3-4-6-10(9)18-11(12)13/h3-6,11,14-15H,2,7-8H2,1H3. The van der Waals surface area contributed by atoms with Crippen LogP contribution in [-0.4, -0.2) is 33.9 Å². The minimum atomic E-state index is -3.60. The first-order chi connectivity index (χ1) is 8.94. The maximum atomic E-state index is 12.2. The largest absolute Gasteiger partial charge is 0.433 e. The van der Waals surface area contributed by atoms with Gasteiger partial charge in [-0.05, 0) is 18.7 Å². The quantitative estimate of drug-likeness (QED) is 0.715. The molecule has 1 rings (SSSR count). The molecule has 1 aromatic rings. The van der Waals surface area contributed by atoms with Gasteiger partial charge in [-0.2, -0.15) is 8.78 Å². The molecule has 0 spiro atoms. The maximum Gasteiger partial charge on any atom is 0.387 e. The minimum absolute atomic E-state index is 0.000650. The molecule has 0 aliphatic rings. The first kappa shape index (κ1) is 15.6. The lowest BCUT2D eigenvalue weighted by molar-refractivity contribution is -0.0493. The van der Waals surface area contributed by atoms with Gasteiger partial charge in [0.15, 0.2) is 0 Å². The predicted octanol–water partition coefficient (Wildman–Crippen LogP) is 1.64. The SMILES string of the molecule is CCNCCS(=O)(=O)Nc1ccccc1OC(F)F. The van der Waals surface area contributed by atoms with Crippen molar-refractivity contribution in [2.75, 3.05) is 23.6 Å². The molecule has 0 amide bonds. The average Bonchev–Trinajstić information content (AvgIpc) is 2.31. The topological polar surface area (TPSA) is 67.4 Å². The van der Waals surface area contributed by atoms with Gasteiger partial charge < -0.3 is 10.1 Å². The lowest BCUT2D eigenvalue weighted by Crippen LogP contribution is -2.26. The Hall–Kier alpha value is -1.41. The molecule has 8 heteroatoms. The van der Waals surface area contributed by atoms with Crippen LogP contribution in [0.4, 0.5) is 14.5 Å². The number of rotatable bonds is 8. The van der Waals surface area contributed by atoms with Crippen LogP contribution >= 0.6 is 0 Å². The highest BCUT2D eigenvalue weighted by Gasteiger charge is 2.15. The summed E-state index contributed by atoms with van der Waals surface area (Å²) in [5.74, 6) is -0.353. The average molecular weight is 294 g/mol. The summed E-state index contributed by atoms with van der Waals surface area (Å²) in [4.78, 5) is 0. The molecule has 2 N–H and O–H groups in total. The summed E-state index contributed by atoms with van der Waals surface area (Å²) in [5, 5.41) is 2.87. The fraction of sp³-hybridized carbons (Fsp3) is 0.455. The number of halogens is 2. The van der Waals surface area contributed by atoms with Gasteiger partial charge in [-0.25, -0.2) is 8.42 Å². The molecule has 0 radical (unpaired) electrons. The van der Waals surface area contributed by atoms with Crippen molar-refractivity contribution in [3.05, 3.63) is 24.3 Å². The van der Waals surface area contributed by atoms with Crippen LogP contribution in [0.5, 0.6) is 5.75 Å². The smallest absolute Gasteiger partial charge is 0.387 e. The van der Waals surface area contributed by atoms with E-state index < -0.39 is 16.6 Å². The third-order valence-corrected chi connectivity index (χ3v) is 3.44. The van der Waals surface area contributed by atoms with Crippen molar-refractivity contribution in [3.63, 3.8) is 0 Å². The number of hydrogen-bond acceptors (Lipinski definition) is 4. The van der Waals surface area contributed by atoms with Gasteiger partial charge in [-0.1, -0.05) is 19.1 Å². The van der Waals surface area contributed by atoms with E-state index in [-0.39, 0.29) is 23.7 Å². The van der Waals surface area contributed by atoms with Gasteiger partial charge in [-0.15, -0.1) is 0 Å². The first-order valence-corrected chi connectivity index (χ1v) is 7.35. The Bertz CT molecular complexity index is 494. The van der Waals surface area contributed by atoms with E-state index >= 15 is 0 Å². The van der Waals surface area contributed by atoms with Gasteiger partial charge in [0.05, 0.1) is 11.4 Å². The molecule has 1 aromatic carbocycles. The van der Waals surface area contributed by atoms with E-state index in [0.717, 1.165) is 0 Å². The summed E-state index contributed by atoms with van der Waals surface area (Å²) < 4.78 is 54.2. The minimum Gasteiger partial charge on any atom is -0.433 e. The summed E-state index contributed by atoms with van der Waals surface area (Å²) in [6.07, 6.45) is 0. The zero-order valence-corrected chi connectivity index (χ0v) is 11.2. The van der Waals surface area contributed by atoms with E-state index in [2.05, 4.69) is 14.8 Å². The van der Waals surface area contributed by atoms with E-state index in [1.165, 1.54) is 24.3 Å². The van der Waals surface area contributed by atoms with Gasteiger partial charge in [0.25, 0.3) is 0 Å². The van der Waals surface area contributed by atoms with Gasteiger partial charge in [0.1, 0.15) is 5.75 Å². The van der Waals surface area contributed by atoms with Crippen molar-refractivity contribution >= 4 is 15.7 Å². The lowest BCUT2D eigenvalue weighted by Gasteiger charge is -2.12. The third kappa shape index (κ3) is 5.84. The first-order valence-electron chi connectivity index (χ1n) is 5.69. The number of anilines is 1. The highest BCUT2D eigenvalue weighted by atomic mass is 32.2. The molecule has 0 bridgehead atoms. The van der Waals surface area contributed by atoms with E-state index in [4.69, 9.17) is 0 Å². The van der Waals surface area contributed by atoms with E-state index in [0.29, 0.717) is 6.54 Å². The molecule has 0 fully saturated rings. The van der Waals surface area contributed by atoms with Crippen LogP contribution < -0.4 is 14.8 Å². The van der Waals surface area contributed by atoms with Crippen molar-refractivity contribution < 1.29 is 21.9 Å². The molecule has 0 saturated heterocycles. The number of sulfonamides is 1.